The number of nitrogens with one attached hydrogen (secondary N) is 3. The molecule has 4 aromatic rings. The summed E-state index contributed by atoms with van der Waals surface area (Å²) in [5.41, 5.74) is 5.04. The molecule has 5 rings (SSSR count). The molecule has 0 atom stereocenters. The Morgan fingerprint density at radius 3 is 2.76 bits per heavy atom. The van der Waals surface area contributed by atoms with Crippen LogP contribution in [0.3, 0.4) is 0 Å². The molecule has 33 heavy (non-hydrogen) atoms. The van der Waals surface area contributed by atoms with Gasteiger partial charge in [-0.2, -0.15) is 9.97 Å². The number of methoxy groups -OCH3 is 1. The van der Waals surface area contributed by atoms with E-state index in [-0.39, 0.29) is 0 Å². The van der Waals surface area contributed by atoms with Gasteiger partial charge in [-0.1, -0.05) is 12.1 Å². The zero-order valence-corrected chi connectivity index (χ0v) is 19.1. The fourth-order valence-corrected chi connectivity index (χ4v) is 4.19. The van der Waals surface area contributed by atoms with Crippen LogP contribution in [0.15, 0.2) is 48.7 Å². The third kappa shape index (κ3) is 4.29. The zero-order valence-electron chi connectivity index (χ0n) is 19.1. The maximum atomic E-state index is 5.77. The Bertz CT molecular complexity index is 1290. The van der Waals surface area contributed by atoms with Crippen molar-refractivity contribution in [2.45, 2.75) is 19.9 Å². The quantitative estimate of drug-likeness (QED) is 0.376. The van der Waals surface area contributed by atoms with Crippen molar-refractivity contribution in [3.8, 4) is 11.5 Å². The van der Waals surface area contributed by atoms with E-state index in [1.54, 1.807) is 7.11 Å². The van der Waals surface area contributed by atoms with E-state index in [9.17, 15) is 0 Å². The van der Waals surface area contributed by atoms with Crippen molar-refractivity contribution in [2.75, 3.05) is 37.9 Å². The van der Waals surface area contributed by atoms with Crippen molar-refractivity contribution in [3.63, 3.8) is 0 Å². The molecule has 1 aliphatic rings. The molecule has 2 aromatic carbocycles. The van der Waals surface area contributed by atoms with Crippen molar-refractivity contribution in [1.29, 1.82) is 0 Å². The van der Waals surface area contributed by atoms with Gasteiger partial charge < -0.3 is 30.0 Å². The van der Waals surface area contributed by atoms with Crippen LogP contribution in [0.4, 0.5) is 23.1 Å². The van der Waals surface area contributed by atoms with E-state index in [1.165, 1.54) is 11.1 Å². The van der Waals surface area contributed by atoms with Crippen LogP contribution in [-0.2, 0) is 13.0 Å². The number of aromatic amines is 1. The lowest BCUT2D eigenvalue weighted by Gasteiger charge is -2.26. The third-order valence-corrected chi connectivity index (χ3v) is 5.83. The average molecular weight is 445 g/mol. The first kappa shape index (κ1) is 21.1. The summed E-state index contributed by atoms with van der Waals surface area (Å²) in [6, 6.07) is 14.1. The number of para-hydroxylation sites is 2. The molecule has 170 valence electrons. The van der Waals surface area contributed by atoms with Crippen LogP contribution in [0.5, 0.6) is 11.5 Å². The summed E-state index contributed by atoms with van der Waals surface area (Å²) >= 11 is 0. The van der Waals surface area contributed by atoms with E-state index in [4.69, 9.17) is 14.5 Å². The monoisotopic (exact) mass is 444 g/mol. The predicted octanol–water partition coefficient (Wildman–Crippen LogP) is 4.84. The summed E-state index contributed by atoms with van der Waals surface area (Å²) in [7, 11) is 3.83. The minimum absolute atomic E-state index is 0.476. The Hall–Kier alpha value is -3.78. The molecular formula is C25H28N6O2. The first-order chi connectivity index (χ1) is 16.1. The summed E-state index contributed by atoms with van der Waals surface area (Å²) in [6.07, 6.45) is 2.87. The number of ether oxygens (including phenoxy) is 2. The van der Waals surface area contributed by atoms with Crippen molar-refractivity contribution in [3.05, 3.63) is 59.8 Å². The molecular weight excluding hydrogens is 416 g/mol. The molecule has 3 heterocycles. The van der Waals surface area contributed by atoms with Crippen LogP contribution >= 0.6 is 0 Å². The summed E-state index contributed by atoms with van der Waals surface area (Å²) < 4.78 is 11.5. The lowest BCUT2D eigenvalue weighted by atomic mass is 9.99. The second-order valence-corrected chi connectivity index (χ2v) is 8.12. The van der Waals surface area contributed by atoms with Gasteiger partial charge in [0.2, 0.25) is 5.95 Å². The molecule has 1 aliphatic heterocycles. The Balaban J connectivity index is 1.51. The number of anilines is 4. The molecule has 0 aliphatic carbocycles. The Morgan fingerprint density at radius 2 is 1.91 bits per heavy atom. The summed E-state index contributed by atoms with van der Waals surface area (Å²) in [5, 5.41) is 7.70. The van der Waals surface area contributed by atoms with Crippen LogP contribution in [0.1, 0.15) is 18.1 Å². The number of aromatic nitrogens is 3. The van der Waals surface area contributed by atoms with E-state index in [1.807, 2.05) is 43.5 Å². The first-order valence-corrected chi connectivity index (χ1v) is 11.1. The predicted molar refractivity (Wildman–Crippen MR) is 131 cm³/mol. The number of fused-ring (bicyclic) bond motifs is 2. The van der Waals surface area contributed by atoms with Gasteiger partial charge in [0.15, 0.2) is 0 Å². The molecule has 2 aromatic heterocycles. The number of H-pyrrole nitrogens is 1. The highest BCUT2D eigenvalue weighted by atomic mass is 16.5. The van der Waals surface area contributed by atoms with Gasteiger partial charge in [0, 0.05) is 19.3 Å². The van der Waals surface area contributed by atoms with Gasteiger partial charge in [-0.05, 0) is 61.9 Å². The normalized spacial score (nSPS) is 13.5. The fourth-order valence-electron chi connectivity index (χ4n) is 4.19. The van der Waals surface area contributed by atoms with Crippen molar-refractivity contribution < 1.29 is 9.47 Å². The maximum Gasteiger partial charge on any atom is 0.231 e. The molecule has 8 heteroatoms. The molecule has 3 N–H and O–H groups in total. The van der Waals surface area contributed by atoms with Gasteiger partial charge in [0.25, 0.3) is 0 Å². The van der Waals surface area contributed by atoms with Gasteiger partial charge in [-0.3, -0.25) is 0 Å². The summed E-state index contributed by atoms with van der Waals surface area (Å²) in [6.45, 7) is 4.51. The van der Waals surface area contributed by atoms with Gasteiger partial charge in [0.05, 0.1) is 30.5 Å². The van der Waals surface area contributed by atoms with E-state index >= 15 is 0 Å². The first-order valence-electron chi connectivity index (χ1n) is 11.1. The smallest absolute Gasteiger partial charge is 0.231 e. The second-order valence-electron chi connectivity index (χ2n) is 8.12. The van der Waals surface area contributed by atoms with E-state index in [0.29, 0.717) is 18.4 Å². The van der Waals surface area contributed by atoms with Crippen LogP contribution in [0, 0.1) is 0 Å². The third-order valence-electron chi connectivity index (χ3n) is 5.83. The molecule has 0 fully saturated rings. The minimum Gasteiger partial charge on any atom is -0.495 e. The SMILES string of the molecule is CCOc1ccccc1Nc1nc(Nc2cc3c(cc2OC)CCN(C)C3)nc2[nH]ccc12. The fraction of sp³-hybridized carbons (Fsp3) is 0.280. The lowest BCUT2D eigenvalue weighted by Crippen LogP contribution is -2.26. The highest BCUT2D eigenvalue weighted by Gasteiger charge is 2.18. The molecule has 0 saturated carbocycles. The number of hydrogen-bond acceptors (Lipinski definition) is 7. The second kappa shape index (κ2) is 8.99. The highest BCUT2D eigenvalue weighted by molar-refractivity contribution is 5.91. The molecule has 0 amide bonds. The Labute approximate surface area is 193 Å². The van der Waals surface area contributed by atoms with E-state index in [0.717, 1.165) is 53.4 Å². The van der Waals surface area contributed by atoms with Gasteiger partial charge >= 0.3 is 0 Å². The summed E-state index contributed by atoms with van der Waals surface area (Å²) in [5.74, 6) is 2.72. The van der Waals surface area contributed by atoms with Crippen molar-refractivity contribution in [1.82, 2.24) is 19.9 Å². The lowest BCUT2D eigenvalue weighted by molar-refractivity contribution is 0.312. The Kier molecular flexibility index (Phi) is 5.75. The topological polar surface area (TPSA) is 87.3 Å². The number of benzene rings is 2. The molecule has 0 radical (unpaired) electrons. The van der Waals surface area contributed by atoms with Gasteiger partial charge in [-0.15, -0.1) is 0 Å². The van der Waals surface area contributed by atoms with E-state index in [2.05, 4.69) is 44.7 Å². The molecule has 8 nitrogen and oxygen atoms in total. The van der Waals surface area contributed by atoms with Crippen LogP contribution in [-0.4, -0.2) is 47.2 Å². The Morgan fingerprint density at radius 1 is 1.03 bits per heavy atom. The van der Waals surface area contributed by atoms with Crippen LogP contribution in [0.25, 0.3) is 11.0 Å². The highest BCUT2D eigenvalue weighted by Crippen LogP contribution is 2.35. The molecule has 0 bridgehead atoms. The molecule has 0 spiro atoms. The van der Waals surface area contributed by atoms with Crippen LogP contribution < -0.4 is 20.1 Å². The van der Waals surface area contributed by atoms with E-state index < -0.39 is 0 Å². The number of likely N-dealkylation sites (N-methyl/N-ethyl adjacent to an activating group) is 1. The largest absolute Gasteiger partial charge is 0.495 e. The maximum absolute atomic E-state index is 5.77. The average Bonchev–Trinajstić information content (AvgIpc) is 3.29. The molecule has 0 unspecified atom stereocenters. The van der Waals surface area contributed by atoms with Crippen LogP contribution in [0.2, 0.25) is 0 Å². The van der Waals surface area contributed by atoms with Gasteiger partial charge in [0.1, 0.15) is 23.0 Å². The standard InChI is InChI=1S/C25H28N6O2/c1-4-33-21-8-6-5-7-19(21)27-24-18-9-11-26-23(18)29-25(30-24)28-20-13-17-15-31(2)12-10-16(17)14-22(20)32-3/h5-9,11,13-14H,4,10,12,15H2,1-3H3,(H3,26,27,28,29,30). The minimum atomic E-state index is 0.476. The van der Waals surface area contributed by atoms with Crippen molar-refractivity contribution >= 4 is 34.2 Å². The number of hydrogen-bond donors (Lipinski definition) is 3. The zero-order chi connectivity index (χ0) is 22.8. The number of nitrogens with zero attached hydrogens (tertiary/aromatic N) is 3. The van der Waals surface area contributed by atoms with Crippen molar-refractivity contribution in [2.24, 2.45) is 0 Å². The summed E-state index contributed by atoms with van der Waals surface area (Å²) in [4.78, 5) is 15.0. The number of rotatable bonds is 7. The van der Waals surface area contributed by atoms with Gasteiger partial charge in [-0.25, -0.2) is 0 Å². The molecule has 0 saturated heterocycles.